The van der Waals surface area contributed by atoms with Gasteiger partial charge < -0.3 is 0 Å². The normalized spacial score (nSPS) is 11.2. The fourth-order valence-electron chi connectivity index (χ4n) is 4.91. The van der Waals surface area contributed by atoms with Crippen molar-refractivity contribution in [1.29, 1.82) is 0 Å². The quantitative estimate of drug-likeness (QED) is 0.245. The van der Waals surface area contributed by atoms with Crippen LogP contribution in [0.15, 0.2) is 133 Å². The maximum atomic E-state index is 5.11. The highest BCUT2D eigenvalue weighted by Crippen LogP contribution is 2.41. The fraction of sp³-hybridized carbons (Fsp3) is 0. The number of benzene rings is 5. The van der Waals surface area contributed by atoms with Crippen LogP contribution >= 0.6 is 11.3 Å². The van der Waals surface area contributed by atoms with Gasteiger partial charge in [-0.15, -0.1) is 11.3 Å². The van der Waals surface area contributed by atoms with Crippen molar-refractivity contribution >= 4 is 31.5 Å². The first-order valence-electron chi connectivity index (χ1n) is 12.3. The Morgan fingerprint density at radius 1 is 0.432 bits per heavy atom. The first kappa shape index (κ1) is 21.7. The number of thiophene rings is 1. The highest BCUT2D eigenvalue weighted by atomic mass is 32.1. The van der Waals surface area contributed by atoms with Gasteiger partial charge in [0.05, 0.1) is 11.4 Å². The Labute approximate surface area is 219 Å². The van der Waals surface area contributed by atoms with Gasteiger partial charge in [0.2, 0.25) is 0 Å². The molecule has 0 amide bonds. The van der Waals surface area contributed by atoms with Crippen LogP contribution in [0.3, 0.4) is 0 Å². The Bertz CT molecular complexity index is 1800. The molecule has 0 radical (unpaired) electrons. The van der Waals surface area contributed by atoms with Crippen molar-refractivity contribution in [3.63, 3.8) is 0 Å². The van der Waals surface area contributed by atoms with Gasteiger partial charge in [0.15, 0.2) is 5.82 Å². The number of aromatic nitrogens is 2. The van der Waals surface area contributed by atoms with E-state index in [1.165, 1.54) is 31.3 Å². The molecule has 2 heterocycles. The van der Waals surface area contributed by atoms with Crippen molar-refractivity contribution in [2.75, 3.05) is 0 Å². The van der Waals surface area contributed by atoms with Crippen LogP contribution < -0.4 is 0 Å². The summed E-state index contributed by atoms with van der Waals surface area (Å²) in [4.78, 5) is 10.1. The van der Waals surface area contributed by atoms with Crippen molar-refractivity contribution in [1.82, 2.24) is 9.97 Å². The van der Waals surface area contributed by atoms with Gasteiger partial charge in [-0.2, -0.15) is 0 Å². The summed E-state index contributed by atoms with van der Waals surface area (Å²) in [5, 5.41) is 2.51. The summed E-state index contributed by atoms with van der Waals surface area (Å²) in [6.07, 6.45) is 0. The Morgan fingerprint density at radius 3 is 1.81 bits per heavy atom. The van der Waals surface area contributed by atoms with Crippen LogP contribution in [0.1, 0.15) is 0 Å². The fourth-order valence-corrected chi connectivity index (χ4v) is 6.02. The molecule has 0 spiro atoms. The van der Waals surface area contributed by atoms with Gasteiger partial charge in [-0.3, -0.25) is 0 Å². The molecule has 0 aliphatic heterocycles. The van der Waals surface area contributed by atoms with Crippen LogP contribution in [0.25, 0.3) is 65.2 Å². The molecule has 37 heavy (non-hydrogen) atoms. The van der Waals surface area contributed by atoms with E-state index in [0.717, 1.165) is 33.9 Å². The van der Waals surface area contributed by atoms with E-state index in [0.29, 0.717) is 0 Å². The SMILES string of the molecule is c1ccc(-c2ccc3sc4cccc(-c5cc(-c6ccccc6)nc(-c6ccccc6)n5)c4c3c2)cc1. The summed E-state index contributed by atoms with van der Waals surface area (Å²) in [6.45, 7) is 0. The van der Waals surface area contributed by atoms with Gasteiger partial charge in [-0.25, -0.2) is 9.97 Å². The van der Waals surface area contributed by atoms with Gasteiger partial charge in [0.1, 0.15) is 0 Å². The largest absolute Gasteiger partial charge is 0.228 e. The van der Waals surface area contributed by atoms with Gasteiger partial charge >= 0.3 is 0 Å². The van der Waals surface area contributed by atoms with Gasteiger partial charge in [-0.1, -0.05) is 109 Å². The summed E-state index contributed by atoms with van der Waals surface area (Å²) in [5.74, 6) is 0.735. The molecule has 0 N–H and O–H groups in total. The smallest absolute Gasteiger partial charge is 0.160 e. The average Bonchev–Trinajstić information content (AvgIpc) is 3.36. The lowest BCUT2D eigenvalue weighted by Crippen LogP contribution is -1.96. The van der Waals surface area contributed by atoms with Crippen molar-refractivity contribution in [2.24, 2.45) is 0 Å². The summed E-state index contributed by atoms with van der Waals surface area (Å²) in [5.41, 5.74) is 7.52. The molecule has 5 aromatic carbocycles. The van der Waals surface area contributed by atoms with Crippen LogP contribution in [0.4, 0.5) is 0 Å². The Kier molecular flexibility index (Phi) is 5.34. The van der Waals surface area contributed by atoms with E-state index in [1.807, 2.05) is 35.6 Å². The summed E-state index contributed by atoms with van der Waals surface area (Å²) < 4.78 is 2.54. The summed E-state index contributed by atoms with van der Waals surface area (Å²) in [7, 11) is 0. The van der Waals surface area contributed by atoms with E-state index in [9.17, 15) is 0 Å². The highest BCUT2D eigenvalue weighted by molar-refractivity contribution is 7.25. The van der Waals surface area contributed by atoms with E-state index in [4.69, 9.17) is 9.97 Å². The Hall–Kier alpha value is -4.60. The Morgan fingerprint density at radius 2 is 1.08 bits per heavy atom. The van der Waals surface area contributed by atoms with E-state index in [1.54, 1.807) is 0 Å². The third-order valence-electron chi connectivity index (χ3n) is 6.71. The van der Waals surface area contributed by atoms with E-state index in [2.05, 4.69) is 109 Å². The van der Waals surface area contributed by atoms with Gasteiger partial charge in [-0.05, 0) is 35.4 Å². The summed E-state index contributed by atoms with van der Waals surface area (Å²) in [6, 6.07) is 46.6. The third-order valence-corrected chi connectivity index (χ3v) is 7.84. The highest BCUT2D eigenvalue weighted by Gasteiger charge is 2.16. The first-order chi connectivity index (χ1) is 18.3. The number of fused-ring (bicyclic) bond motifs is 3. The molecule has 0 unspecified atom stereocenters. The molecule has 0 saturated heterocycles. The second-order valence-corrected chi connectivity index (χ2v) is 10.1. The monoisotopic (exact) mass is 490 g/mol. The topological polar surface area (TPSA) is 25.8 Å². The van der Waals surface area contributed by atoms with Crippen LogP contribution in [-0.2, 0) is 0 Å². The number of nitrogens with zero attached hydrogens (tertiary/aromatic N) is 2. The first-order valence-corrected chi connectivity index (χ1v) is 13.2. The van der Waals surface area contributed by atoms with Crippen molar-refractivity contribution < 1.29 is 0 Å². The minimum Gasteiger partial charge on any atom is -0.228 e. The molecule has 2 aromatic heterocycles. The molecule has 0 atom stereocenters. The second-order valence-electron chi connectivity index (χ2n) is 9.05. The van der Waals surface area contributed by atoms with E-state index >= 15 is 0 Å². The molecule has 0 aliphatic rings. The van der Waals surface area contributed by atoms with Gasteiger partial charge in [0, 0.05) is 36.9 Å². The zero-order chi connectivity index (χ0) is 24.6. The standard InChI is InChI=1S/C34H22N2S/c1-4-11-23(12-5-1)26-19-20-31-28(21-26)33-27(17-10-18-32(33)37-31)30-22-29(24-13-6-2-7-14-24)35-34(36-30)25-15-8-3-9-16-25/h1-22H. The zero-order valence-corrected chi connectivity index (χ0v) is 20.8. The van der Waals surface area contributed by atoms with Crippen LogP contribution in [0, 0.1) is 0 Å². The minimum atomic E-state index is 0.735. The third kappa shape index (κ3) is 4.00. The van der Waals surface area contributed by atoms with Crippen molar-refractivity contribution in [3.05, 3.63) is 133 Å². The molecular formula is C34H22N2S. The molecule has 7 aromatic rings. The molecule has 2 nitrogen and oxygen atoms in total. The molecule has 0 aliphatic carbocycles. The van der Waals surface area contributed by atoms with Crippen LogP contribution in [0.5, 0.6) is 0 Å². The maximum Gasteiger partial charge on any atom is 0.160 e. The van der Waals surface area contributed by atoms with Crippen molar-refractivity contribution in [2.45, 2.75) is 0 Å². The van der Waals surface area contributed by atoms with Crippen LogP contribution in [-0.4, -0.2) is 9.97 Å². The number of hydrogen-bond donors (Lipinski definition) is 0. The zero-order valence-electron chi connectivity index (χ0n) is 20.0. The van der Waals surface area contributed by atoms with Gasteiger partial charge in [0.25, 0.3) is 0 Å². The maximum absolute atomic E-state index is 5.11. The number of hydrogen-bond acceptors (Lipinski definition) is 3. The second kappa shape index (κ2) is 9.12. The predicted molar refractivity (Wildman–Crippen MR) is 157 cm³/mol. The molecule has 0 saturated carbocycles. The molecule has 174 valence electrons. The molecule has 0 fully saturated rings. The molecular weight excluding hydrogens is 468 g/mol. The lowest BCUT2D eigenvalue weighted by Gasteiger charge is -2.11. The Balaban J connectivity index is 1.49. The predicted octanol–water partition coefficient (Wildman–Crippen LogP) is 9.51. The van der Waals surface area contributed by atoms with E-state index < -0.39 is 0 Å². The molecule has 3 heteroatoms. The lowest BCUT2D eigenvalue weighted by atomic mass is 9.99. The number of rotatable bonds is 4. The lowest BCUT2D eigenvalue weighted by molar-refractivity contribution is 1.19. The minimum absolute atomic E-state index is 0.735. The summed E-state index contributed by atoms with van der Waals surface area (Å²) >= 11 is 1.83. The van der Waals surface area contributed by atoms with Crippen LogP contribution in [0.2, 0.25) is 0 Å². The van der Waals surface area contributed by atoms with Crippen molar-refractivity contribution in [3.8, 4) is 45.0 Å². The molecule has 0 bridgehead atoms. The van der Waals surface area contributed by atoms with E-state index in [-0.39, 0.29) is 0 Å². The average molecular weight is 491 g/mol. The molecule has 7 rings (SSSR count).